The molecule has 0 aliphatic heterocycles. The number of hydrogen-bond acceptors (Lipinski definition) is 4. The molecule has 1 aromatic rings. The van der Waals surface area contributed by atoms with E-state index >= 15 is 0 Å². The van der Waals surface area contributed by atoms with Gasteiger partial charge < -0.3 is 5.32 Å². The summed E-state index contributed by atoms with van der Waals surface area (Å²) in [5.41, 5.74) is 0.0118. The summed E-state index contributed by atoms with van der Waals surface area (Å²) in [5, 5.41) is 13.6. The maximum Gasteiger partial charge on any atom is 0.287 e. The number of hydrogen-bond donors (Lipinski definition) is 1. The first kappa shape index (κ1) is 11.4. The van der Waals surface area contributed by atoms with Gasteiger partial charge in [0, 0.05) is 12.1 Å². The second kappa shape index (κ2) is 4.72. The maximum atomic E-state index is 10.4. The summed E-state index contributed by atoms with van der Waals surface area (Å²) in [7, 11) is 0. The van der Waals surface area contributed by atoms with E-state index < -0.39 is 4.92 Å². The fourth-order valence-electron chi connectivity index (χ4n) is 0.979. The second-order valence-electron chi connectivity index (χ2n) is 3.84. The van der Waals surface area contributed by atoms with Crippen LogP contribution < -0.4 is 5.32 Å². The van der Waals surface area contributed by atoms with Gasteiger partial charge >= 0.3 is 0 Å². The first-order valence-corrected chi connectivity index (χ1v) is 4.87. The number of nitrogens with zero attached hydrogens (tertiary/aromatic N) is 2. The molecule has 0 radical (unpaired) electrons. The van der Waals surface area contributed by atoms with E-state index in [1.807, 2.05) is 6.92 Å². The lowest BCUT2D eigenvalue weighted by molar-refractivity contribution is -0.385. The van der Waals surface area contributed by atoms with Gasteiger partial charge in [0.25, 0.3) is 5.69 Å². The topological polar surface area (TPSA) is 68.1 Å². The van der Waals surface area contributed by atoms with Crippen LogP contribution in [0.2, 0.25) is 0 Å². The number of anilines is 1. The van der Waals surface area contributed by atoms with Crippen LogP contribution >= 0.6 is 0 Å². The van der Waals surface area contributed by atoms with Crippen LogP contribution in [0, 0.1) is 16.0 Å². The van der Waals surface area contributed by atoms with E-state index in [1.165, 1.54) is 12.3 Å². The van der Waals surface area contributed by atoms with Crippen molar-refractivity contribution in [1.82, 2.24) is 4.98 Å². The van der Waals surface area contributed by atoms with E-state index in [-0.39, 0.29) is 5.69 Å². The van der Waals surface area contributed by atoms with Crippen LogP contribution in [0.25, 0.3) is 0 Å². The van der Waals surface area contributed by atoms with Crippen LogP contribution in [0.3, 0.4) is 0 Å². The Morgan fingerprint density at radius 3 is 2.47 bits per heavy atom. The number of aromatic nitrogens is 1. The van der Waals surface area contributed by atoms with Gasteiger partial charge in [-0.1, -0.05) is 13.8 Å². The third-order valence-corrected chi connectivity index (χ3v) is 2.33. The van der Waals surface area contributed by atoms with Crippen LogP contribution in [-0.2, 0) is 0 Å². The average Bonchev–Trinajstić information content (AvgIpc) is 2.18. The lowest BCUT2D eigenvalue weighted by Gasteiger charge is -2.17. The summed E-state index contributed by atoms with van der Waals surface area (Å²) in [5.74, 6) is 1.16. The van der Waals surface area contributed by atoms with Crippen molar-refractivity contribution >= 4 is 11.5 Å². The van der Waals surface area contributed by atoms with Crippen molar-refractivity contribution in [2.45, 2.75) is 26.8 Å². The summed E-state index contributed by atoms with van der Waals surface area (Å²) in [4.78, 5) is 13.9. The molecule has 0 amide bonds. The smallest absolute Gasteiger partial charge is 0.287 e. The molecule has 0 bridgehead atoms. The molecule has 1 atom stereocenters. The van der Waals surface area contributed by atoms with Gasteiger partial charge in [-0.25, -0.2) is 4.98 Å². The molecule has 1 heterocycles. The van der Waals surface area contributed by atoms with Gasteiger partial charge in [0.2, 0.25) is 0 Å². The molecule has 1 rings (SSSR count). The minimum atomic E-state index is -0.456. The molecular formula is C10H15N3O2. The van der Waals surface area contributed by atoms with Crippen molar-refractivity contribution in [3.05, 3.63) is 28.4 Å². The largest absolute Gasteiger partial charge is 0.367 e. The third-order valence-electron chi connectivity index (χ3n) is 2.33. The standard InChI is InChI=1S/C10H15N3O2/c1-7(2)8(3)12-10-5-4-9(6-11-10)13(14)15/h4-8H,1-3H3,(H,11,12). The minimum Gasteiger partial charge on any atom is -0.367 e. The van der Waals surface area contributed by atoms with E-state index in [0.717, 1.165) is 0 Å². The monoisotopic (exact) mass is 209 g/mol. The van der Waals surface area contributed by atoms with E-state index in [0.29, 0.717) is 17.8 Å². The molecule has 0 aliphatic rings. The fraction of sp³-hybridized carbons (Fsp3) is 0.500. The molecule has 82 valence electrons. The second-order valence-corrected chi connectivity index (χ2v) is 3.84. The summed E-state index contributed by atoms with van der Waals surface area (Å²) >= 11 is 0. The summed E-state index contributed by atoms with van der Waals surface area (Å²) < 4.78 is 0. The van der Waals surface area contributed by atoms with Crippen LogP contribution in [0.5, 0.6) is 0 Å². The summed E-state index contributed by atoms with van der Waals surface area (Å²) in [6.07, 6.45) is 1.26. The Morgan fingerprint density at radius 1 is 1.40 bits per heavy atom. The molecule has 0 fully saturated rings. The highest BCUT2D eigenvalue weighted by atomic mass is 16.6. The van der Waals surface area contributed by atoms with Crippen LogP contribution in [0.1, 0.15) is 20.8 Å². The number of pyridine rings is 1. The van der Waals surface area contributed by atoms with Gasteiger partial charge in [0.1, 0.15) is 12.0 Å². The molecule has 0 aromatic carbocycles. The maximum absolute atomic E-state index is 10.4. The predicted molar refractivity (Wildman–Crippen MR) is 58.8 cm³/mol. The van der Waals surface area contributed by atoms with Crippen LogP contribution in [0.15, 0.2) is 18.3 Å². The summed E-state index contributed by atoms with van der Waals surface area (Å²) in [6, 6.07) is 3.36. The molecule has 1 N–H and O–H groups in total. The first-order valence-electron chi connectivity index (χ1n) is 4.87. The Bertz CT molecular complexity index is 335. The molecule has 0 saturated carbocycles. The Balaban J connectivity index is 2.68. The van der Waals surface area contributed by atoms with E-state index in [1.54, 1.807) is 6.07 Å². The number of nitro groups is 1. The van der Waals surface area contributed by atoms with Gasteiger partial charge in [-0.3, -0.25) is 10.1 Å². The number of rotatable bonds is 4. The van der Waals surface area contributed by atoms with Crippen molar-refractivity contribution < 1.29 is 4.92 Å². The van der Waals surface area contributed by atoms with E-state index in [2.05, 4.69) is 24.1 Å². The Morgan fingerprint density at radius 2 is 2.07 bits per heavy atom. The zero-order valence-electron chi connectivity index (χ0n) is 9.10. The van der Waals surface area contributed by atoms with Crippen LogP contribution in [-0.4, -0.2) is 15.9 Å². The summed E-state index contributed by atoms with van der Waals surface area (Å²) in [6.45, 7) is 6.25. The molecule has 5 nitrogen and oxygen atoms in total. The first-order chi connectivity index (χ1) is 7.00. The minimum absolute atomic E-state index is 0.0118. The van der Waals surface area contributed by atoms with Gasteiger partial charge in [-0.15, -0.1) is 0 Å². The highest BCUT2D eigenvalue weighted by molar-refractivity contribution is 5.40. The molecule has 15 heavy (non-hydrogen) atoms. The predicted octanol–water partition coefficient (Wildman–Crippen LogP) is 2.45. The zero-order valence-corrected chi connectivity index (χ0v) is 9.10. The number of nitrogens with one attached hydrogen (secondary N) is 1. The molecule has 1 unspecified atom stereocenters. The molecular weight excluding hydrogens is 194 g/mol. The molecule has 0 spiro atoms. The van der Waals surface area contributed by atoms with E-state index in [4.69, 9.17) is 0 Å². The van der Waals surface area contributed by atoms with Gasteiger partial charge in [-0.2, -0.15) is 0 Å². The highest BCUT2D eigenvalue weighted by Gasteiger charge is 2.09. The van der Waals surface area contributed by atoms with Gasteiger partial charge in [0.15, 0.2) is 0 Å². The quantitative estimate of drug-likeness (QED) is 0.610. The fourth-order valence-corrected chi connectivity index (χ4v) is 0.979. The highest BCUT2D eigenvalue weighted by Crippen LogP contribution is 2.14. The lowest BCUT2D eigenvalue weighted by atomic mass is 10.1. The zero-order chi connectivity index (χ0) is 11.4. The van der Waals surface area contributed by atoms with Gasteiger partial charge in [-0.05, 0) is 18.9 Å². The normalized spacial score (nSPS) is 12.5. The third kappa shape index (κ3) is 3.19. The van der Waals surface area contributed by atoms with Crippen molar-refractivity contribution in [3.63, 3.8) is 0 Å². The SMILES string of the molecule is CC(C)C(C)Nc1ccc([N+](=O)[O-])cn1. The van der Waals surface area contributed by atoms with E-state index in [9.17, 15) is 10.1 Å². The van der Waals surface area contributed by atoms with Crippen molar-refractivity contribution in [1.29, 1.82) is 0 Å². The Kier molecular flexibility index (Phi) is 3.60. The van der Waals surface area contributed by atoms with Crippen LogP contribution in [0.4, 0.5) is 11.5 Å². The lowest BCUT2D eigenvalue weighted by Crippen LogP contribution is -2.21. The Labute approximate surface area is 88.7 Å². The molecule has 0 saturated heterocycles. The molecule has 5 heteroatoms. The van der Waals surface area contributed by atoms with Crippen molar-refractivity contribution in [2.75, 3.05) is 5.32 Å². The average molecular weight is 209 g/mol. The van der Waals surface area contributed by atoms with Gasteiger partial charge in [0.05, 0.1) is 4.92 Å². The Hall–Kier alpha value is -1.65. The molecule has 1 aromatic heterocycles. The van der Waals surface area contributed by atoms with Crippen molar-refractivity contribution in [2.24, 2.45) is 5.92 Å². The van der Waals surface area contributed by atoms with Crippen molar-refractivity contribution in [3.8, 4) is 0 Å². The molecule has 0 aliphatic carbocycles.